The second-order valence-electron chi connectivity index (χ2n) is 8.23. The lowest BCUT2D eigenvalue weighted by Crippen LogP contribution is -2.29. The Labute approximate surface area is 202 Å². The van der Waals surface area contributed by atoms with Crippen LogP contribution in [0, 0.1) is 18.6 Å². The first-order valence-corrected chi connectivity index (χ1v) is 11.2. The highest BCUT2D eigenvalue weighted by atomic mass is 35.5. The topological polar surface area (TPSA) is 61.7 Å². The molecule has 4 rings (SSSR count). The molecule has 1 atom stereocenters. The maximum Gasteiger partial charge on any atom is 0.151 e. The minimum atomic E-state index is -0.768. The summed E-state index contributed by atoms with van der Waals surface area (Å²) in [6.07, 6.45) is 9.72. The predicted octanol–water partition coefficient (Wildman–Crippen LogP) is 5.10. The Morgan fingerprint density at radius 2 is 1.97 bits per heavy atom. The second kappa shape index (κ2) is 9.95. The number of nitrogens with zero attached hydrogens (tertiary/aromatic N) is 4. The summed E-state index contributed by atoms with van der Waals surface area (Å²) in [5, 5.41) is 10.4. The van der Waals surface area contributed by atoms with Crippen molar-refractivity contribution in [2.75, 3.05) is 22.9 Å². The van der Waals surface area contributed by atoms with Crippen LogP contribution in [0.4, 0.5) is 20.3 Å². The van der Waals surface area contributed by atoms with Crippen LogP contribution in [0.25, 0.3) is 0 Å². The van der Waals surface area contributed by atoms with Gasteiger partial charge in [0, 0.05) is 48.5 Å². The van der Waals surface area contributed by atoms with Gasteiger partial charge in [0.1, 0.15) is 29.7 Å². The molecule has 0 aliphatic carbocycles. The summed E-state index contributed by atoms with van der Waals surface area (Å²) in [7, 11) is 0. The number of aryl methyl sites for hydroxylation is 1. The lowest BCUT2D eigenvalue weighted by molar-refractivity contribution is 0.200. The maximum atomic E-state index is 13.9. The van der Waals surface area contributed by atoms with Crippen LogP contribution in [0.3, 0.4) is 0 Å². The molecule has 4 heterocycles. The molecule has 2 aromatic rings. The van der Waals surface area contributed by atoms with Gasteiger partial charge in [-0.25, -0.2) is 13.8 Å². The van der Waals surface area contributed by atoms with Crippen LogP contribution >= 0.6 is 11.6 Å². The number of pyridine rings is 2. The van der Waals surface area contributed by atoms with E-state index in [1.165, 1.54) is 0 Å². The average molecular weight is 487 g/mol. The quantitative estimate of drug-likeness (QED) is 0.613. The average Bonchev–Trinajstić information content (AvgIpc) is 2.81. The van der Waals surface area contributed by atoms with Crippen molar-refractivity contribution in [1.29, 1.82) is 0 Å². The normalized spacial score (nSPS) is 17.0. The molecule has 0 radical (unpaired) electrons. The molecule has 0 saturated heterocycles. The molecular weight excluding hydrogens is 462 g/mol. The van der Waals surface area contributed by atoms with E-state index < -0.39 is 17.7 Å². The first-order valence-electron chi connectivity index (χ1n) is 10.8. The number of aliphatic hydroxyl groups is 1. The molecule has 0 bridgehead atoms. The number of allylic oxidation sites excluding steroid dienone is 4. The first-order chi connectivity index (χ1) is 16.2. The monoisotopic (exact) mass is 486 g/mol. The Morgan fingerprint density at radius 1 is 1.18 bits per heavy atom. The van der Waals surface area contributed by atoms with Gasteiger partial charge in [-0.3, -0.25) is 4.98 Å². The summed E-state index contributed by atoms with van der Waals surface area (Å²) < 4.78 is 32.7. The third-order valence-electron chi connectivity index (χ3n) is 5.69. The number of ether oxygens (including phenoxy) is 1. The molecule has 1 unspecified atom stereocenters. The fourth-order valence-corrected chi connectivity index (χ4v) is 3.96. The van der Waals surface area contributed by atoms with Gasteiger partial charge in [-0.05, 0) is 38.0 Å². The molecule has 1 N–H and O–H groups in total. The van der Waals surface area contributed by atoms with Crippen molar-refractivity contribution in [3.63, 3.8) is 0 Å². The summed E-state index contributed by atoms with van der Waals surface area (Å²) in [4.78, 5) is 12.3. The zero-order valence-electron chi connectivity index (χ0n) is 19.1. The van der Waals surface area contributed by atoms with Crippen molar-refractivity contribution >= 4 is 23.1 Å². The summed E-state index contributed by atoms with van der Waals surface area (Å²) >= 11 is 6.54. The van der Waals surface area contributed by atoms with Crippen molar-refractivity contribution in [1.82, 2.24) is 9.97 Å². The van der Waals surface area contributed by atoms with Crippen LogP contribution in [-0.4, -0.2) is 34.3 Å². The Kier molecular flexibility index (Phi) is 7.00. The number of aromatic nitrogens is 2. The predicted molar refractivity (Wildman–Crippen MR) is 128 cm³/mol. The van der Waals surface area contributed by atoms with Crippen LogP contribution < -0.4 is 9.80 Å². The zero-order valence-corrected chi connectivity index (χ0v) is 19.9. The van der Waals surface area contributed by atoms with Crippen molar-refractivity contribution < 1.29 is 18.6 Å². The van der Waals surface area contributed by atoms with E-state index in [1.54, 1.807) is 19.2 Å². The van der Waals surface area contributed by atoms with E-state index >= 15 is 0 Å². The second-order valence-corrected chi connectivity index (χ2v) is 8.68. The first kappa shape index (κ1) is 23.9. The van der Waals surface area contributed by atoms with E-state index in [0.717, 1.165) is 40.6 Å². The number of rotatable bonds is 6. The largest absolute Gasteiger partial charge is 0.486 e. The summed E-state index contributed by atoms with van der Waals surface area (Å²) in [5.41, 5.74) is 3.69. The number of hydrogen-bond acceptors (Lipinski definition) is 6. The third-order valence-corrected chi connectivity index (χ3v) is 6.00. The minimum Gasteiger partial charge on any atom is -0.486 e. The van der Waals surface area contributed by atoms with E-state index in [2.05, 4.69) is 9.97 Å². The van der Waals surface area contributed by atoms with E-state index in [1.807, 2.05) is 48.1 Å². The zero-order chi connectivity index (χ0) is 24.4. The van der Waals surface area contributed by atoms with Gasteiger partial charge in [-0.15, -0.1) is 0 Å². The van der Waals surface area contributed by atoms with Gasteiger partial charge in [-0.2, -0.15) is 0 Å². The summed E-state index contributed by atoms with van der Waals surface area (Å²) in [6, 6.07) is 2.75. The van der Waals surface area contributed by atoms with E-state index in [-0.39, 0.29) is 12.3 Å². The highest BCUT2D eigenvalue weighted by Crippen LogP contribution is 2.33. The Morgan fingerprint density at radius 3 is 2.71 bits per heavy atom. The number of aliphatic hydroxyl groups excluding tert-OH is 1. The van der Waals surface area contributed by atoms with Crippen molar-refractivity contribution in [2.45, 2.75) is 33.5 Å². The fourth-order valence-electron chi connectivity index (χ4n) is 3.73. The van der Waals surface area contributed by atoms with Gasteiger partial charge < -0.3 is 19.6 Å². The molecule has 2 aromatic heterocycles. The molecule has 2 aliphatic rings. The SMILES string of the molecule is CC1=CC(OCc2ncc(F)cc2F)=C(Cl)CN1c1cc(N2C=CC=C(C(C)O)C2)ncc1C. The van der Waals surface area contributed by atoms with Gasteiger partial charge in [-0.1, -0.05) is 17.7 Å². The standard InChI is InChI=1S/C25H25ClF2N4O2/c1-15-10-30-25(31-6-4-5-18(12-31)17(3)33)9-23(15)32-13-20(26)24(7-16(32)2)34-14-22-21(28)8-19(27)11-29-22/h4-11,17,33H,12-14H2,1-3H3. The van der Waals surface area contributed by atoms with Gasteiger partial charge in [0.05, 0.1) is 23.9 Å². The van der Waals surface area contributed by atoms with Gasteiger partial charge in [0.15, 0.2) is 5.82 Å². The molecular formula is C25H25ClF2N4O2. The van der Waals surface area contributed by atoms with Crippen LogP contribution in [0.15, 0.2) is 71.0 Å². The smallest absolute Gasteiger partial charge is 0.151 e. The fraction of sp³-hybridized carbons (Fsp3) is 0.280. The van der Waals surface area contributed by atoms with Gasteiger partial charge >= 0.3 is 0 Å². The van der Waals surface area contributed by atoms with Gasteiger partial charge in [0.25, 0.3) is 0 Å². The lowest BCUT2D eigenvalue weighted by Gasteiger charge is -2.32. The Balaban J connectivity index is 1.52. The van der Waals surface area contributed by atoms with Crippen LogP contribution in [0.5, 0.6) is 0 Å². The molecule has 0 spiro atoms. The minimum absolute atomic E-state index is 0.00155. The molecule has 2 aliphatic heterocycles. The summed E-state index contributed by atoms with van der Waals surface area (Å²) in [5.74, 6) is -0.350. The molecule has 0 amide bonds. The van der Waals surface area contributed by atoms with E-state index in [4.69, 9.17) is 16.3 Å². The Hall–Kier alpha value is -3.23. The lowest BCUT2D eigenvalue weighted by atomic mass is 10.1. The Bertz CT molecular complexity index is 1220. The number of anilines is 2. The molecule has 6 nitrogen and oxygen atoms in total. The third kappa shape index (κ3) is 5.13. The van der Waals surface area contributed by atoms with Crippen LogP contribution in [0.2, 0.25) is 0 Å². The number of halogens is 3. The van der Waals surface area contributed by atoms with Crippen molar-refractivity contribution in [3.8, 4) is 0 Å². The van der Waals surface area contributed by atoms with Gasteiger partial charge in [0.2, 0.25) is 0 Å². The molecule has 34 heavy (non-hydrogen) atoms. The molecule has 178 valence electrons. The maximum absolute atomic E-state index is 13.9. The highest BCUT2D eigenvalue weighted by molar-refractivity contribution is 6.30. The van der Waals surface area contributed by atoms with E-state index in [9.17, 15) is 13.9 Å². The molecule has 0 fully saturated rings. The van der Waals surface area contributed by atoms with Crippen LogP contribution in [0.1, 0.15) is 25.1 Å². The van der Waals surface area contributed by atoms with E-state index in [0.29, 0.717) is 23.9 Å². The molecule has 9 heteroatoms. The number of hydrogen-bond donors (Lipinski definition) is 1. The van der Waals surface area contributed by atoms with Crippen LogP contribution in [-0.2, 0) is 11.3 Å². The molecule has 0 aromatic carbocycles. The summed E-state index contributed by atoms with van der Waals surface area (Å²) in [6.45, 7) is 6.38. The van der Waals surface area contributed by atoms with Crippen molar-refractivity contribution in [2.24, 2.45) is 0 Å². The molecule has 0 saturated carbocycles. The highest BCUT2D eigenvalue weighted by Gasteiger charge is 2.23. The van der Waals surface area contributed by atoms with Crippen molar-refractivity contribution in [3.05, 3.63) is 93.9 Å².